The fourth-order valence-corrected chi connectivity index (χ4v) is 1.84. The average Bonchev–Trinajstić information content (AvgIpc) is 2.78. The van der Waals surface area contributed by atoms with Gasteiger partial charge in [0.1, 0.15) is 0 Å². The summed E-state index contributed by atoms with van der Waals surface area (Å²) in [7, 11) is 0. The highest BCUT2D eigenvalue weighted by molar-refractivity contribution is 5.72. The van der Waals surface area contributed by atoms with Crippen LogP contribution in [0.1, 0.15) is 20.3 Å². The fourth-order valence-electron chi connectivity index (χ4n) is 1.84. The van der Waals surface area contributed by atoms with Gasteiger partial charge in [-0.3, -0.25) is 4.79 Å². The van der Waals surface area contributed by atoms with Crippen molar-refractivity contribution in [3.63, 3.8) is 0 Å². The zero-order chi connectivity index (χ0) is 23.6. The van der Waals surface area contributed by atoms with Crippen molar-refractivity contribution in [1.29, 1.82) is 0 Å². The van der Waals surface area contributed by atoms with Crippen LogP contribution in [0.3, 0.4) is 0 Å². The van der Waals surface area contributed by atoms with Crippen LogP contribution in [0.4, 0.5) is 22.0 Å². The van der Waals surface area contributed by atoms with E-state index in [4.69, 9.17) is 24.7 Å². The molecule has 1 aromatic carbocycles. The molecule has 0 fully saturated rings. The number of nitrogens with two attached hydrogens (primary N) is 1. The molecule has 0 saturated carbocycles. The van der Waals surface area contributed by atoms with Crippen molar-refractivity contribution in [3.05, 3.63) is 29.1 Å². The molecular formula is C19H28F5NO6. The predicted molar refractivity (Wildman–Crippen MR) is 100 cm³/mol. The minimum atomic E-state index is -2.34. The van der Waals surface area contributed by atoms with Crippen LogP contribution in [0.5, 0.6) is 5.75 Å². The number of carbonyl (C=O) groups is 1. The smallest absolute Gasteiger partial charge is 0.313 e. The molecule has 2 N–H and O–H groups in total. The van der Waals surface area contributed by atoms with Crippen LogP contribution < -0.4 is 10.5 Å². The SMILES string of the molecule is CC.NCCOCCOCCOCCOCCC(=O)Oc1c(F)c(F)c(F)c(F)c1F. The number of esters is 1. The van der Waals surface area contributed by atoms with Crippen LogP contribution in [0.25, 0.3) is 0 Å². The van der Waals surface area contributed by atoms with E-state index in [1.807, 2.05) is 13.8 Å². The Balaban J connectivity index is 0.00000436. The van der Waals surface area contributed by atoms with Crippen LogP contribution in [0, 0.1) is 29.1 Å². The molecule has 0 heterocycles. The molecule has 0 unspecified atom stereocenters. The van der Waals surface area contributed by atoms with Crippen molar-refractivity contribution in [2.75, 3.05) is 59.4 Å². The first-order chi connectivity index (χ1) is 14.9. The lowest BCUT2D eigenvalue weighted by Crippen LogP contribution is -2.16. The summed E-state index contributed by atoms with van der Waals surface area (Å²) >= 11 is 0. The lowest BCUT2D eigenvalue weighted by Gasteiger charge is -2.09. The number of ether oxygens (including phenoxy) is 5. The van der Waals surface area contributed by atoms with Gasteiger partial charge in [-0.25, -0.2) is 13.2 Å². The molecule has 180 valence electrons. The van der Waals surface area contributed by atoms with E-state index in [1.54, 1.807) is 0 Å². The van der Waals surface area contributed by atoms with Gasteiger partial charge in [0.25, 0.3) is 0 Å². The molecule has 0 amide bonds. The first-order valence-electron chi connectivity index (χ1n) is 9.63. The summed E-state index contributed by atoms with van der Waals surface area (Å²) in [6, 6.07) is 0. The van der Waals surface area contributed by atoms with Crippen molar-refractivity contribution in [2.45, 2.75) is 20.3 Å². The molecule has 1 aromatic rings. The van der Waals surface area contributed by atoms with E-state index in [-0.39, 0.29) is 19.8 Å². The molecule has 31 heavy (non-hydrogen) atoms. The molecule has 0 saturated heterocycles. The van der Waals surface area contributed by atoms with Crippen molar-refractivity contribution < 1.29 is 50.4 Å². The Morgan fingerprint density at radius 3 is 1.42 bits per heavy atom. The first kappa shape index (κ1) is 29.1. The second kappa shape index (κ2) is 17.8. The van der Waals surface area contributed by atoms with Gasteiger partial charge >= 0.3 is 5.97 Å². The monoisotopic (exact) mass is 461 g/mol. The van der Waals surface area contributed by atoms with E-state index in [2.05, 4.69) is 4.74 Å². The number of rotatable bonds is 15. The number of halogens is 5. The van der Waals surface area contributed by atoms with E-state index in [1.165, 1.54) is 0 Å². The molecule has 12 heteroatoms. The molecule has 0 aliphatic rings. The first-order valence-corrected chi connectivity index (χ1v) is 9.63. The van der Waals surface area contributed by atoms with Crippen molar-refractivity contribution in [3.8, 4) is 5.75 Å². The van der Waals surface area contributed by atoms with E-state index in [0.29, 0.717) is 39.6 Å². The average molecular weight is 461 g/mol. The van der Waals surface area contributed by atoms with Crippen molar-refractivity contribution in [1.82, 2.24) is 0 Å². The summed E-state index contributed by atoms with van der Waals surface area (Å²) in [5, 5.41) is 0. The van der Waals surface area contributed by atoms with Crippen LogP contribution in [-0.4, -0.2) is 65.4 Å². The van der Waals surface area contributed by atoms with E-state index in [9.17, 15) is 26.7 Å². The summed E-state index contributed by atoms with van der Waals surface area (Å²) in [5.41, 5.74) is 5.24. The van der Waals surface area contributed by atoms with Gasteiger partial charge < -0.3 is 29.4 Å². The van der Waals surface area contributed by atoms with Gasteiger partial charge in [-0.1, -0.05) is 13.8 Å². The summed E-state index contributed by atoms with van der Waals surface area (Å²) in [4.78, 5) is 11.5. The summed E-state index contributed by atoms with van der Waals surface area (Å²) in [5.74, 6) is -14.1. The summed E-state index contributed by atoms with van der Waals surface area (Å²) < 4.78 is 90.5. The highest BCUT2D eigenvalue weighted by Gasteiger charge is 2.28. The quantitative estimate of drug-likeness (QED) is 0.107. The minimum absolute atomic E-state index is 0.107. The Hall–Kier alpha value is -1.86. The molecule has 7 nitrogen and oxygen atoms in total. The van der Waals surface area contributed by atoms with Gasteiger partial charge in [-0.05, 0) is 0 Å². The topological polar surface area (TPSA) is 89.2 Å². The maximum atomic E-state index is 13.4. The molecule has 1 rings (SSSR count). The normalized spacial score (nSPS) is 10.6. The van der Waals surface area contributed by atoms with Crippen LogP contribution >= 0.6 is 0 Å². The third-order valence-electron chi connectivity index (χ3n) is 3.21. The zero-order valence-corrected chi connectivity index (χ0v) is 17.5. The summed E-state index contributed by atoms with van der Waals surface area (Å²) in [6.45, 7) is 6.50. The van der Waals surface area contributed by atoms with Crippen LogP contribution in [-0.2, 0) is 23.7 Å². The van der Waals surface area contributed by atoms with Gasteiger partial charge in [0, 0.05) is 6.54 Å². The fraction of sp³-hybridized carbons (Fsp3) is 0.632. The minimum Gasteiger partial charge on any atom is -0.420 e. The standard InChI is InChI=1S/C17H22F5NO6.C2H6/c18-12-13(19)15(21)17(16(22)14(12)20)29-11(24)1-3-25-5-7-27-9-10-28-8-6-26-4-2-23;1-2/h1-10,23H2;1-2H3. The lowest BCUT2D eigenvalue weighted by atomic mass is 10.2. The highest BCUT2D eigenvalue weighted by Crippen LogP contribution is 2.29. The molecule has 0 aliphatic heterocycles. The van der Waals surface area contributed by atoms with Crippen LogP contribution in [0.2, 0.25) is 0 Å². The zero-order valence-electron chi connectivity index (χ0n) is 17.5. The molecule has 0 atom stereocenters. The molecule has 0 radical (unpaired) electrons. The molecule has 0 aliphatic carbocycles. The maximum absolute atomic E-state index is 13.4. The number of carbonyl (C=O) groups excluding carboxylic acids is 1. The van der Waals surface area contributed by atoms with Crippen molar-refractivity contribution in [2.24, 2.45) is 5.73 Å². The second-order valence-corrected chi connectivity index (χ2v) is 5.36. The molecular weight excluding hydrogens is 433 g/mol. The third kappa shape index (κ3) is 11.4. The largest absolute Gasteiger partial charge is 0.420 e. The number of benzene rings is 1. The van der Waals surface area contributed by atoms with Gasteiger partial charge in [-0.15, -0.1) is 0 Å². The molecule has 0 aromatic heterocycles. The lowest BCUT2D eigenvalue weighted by molar-refractivity contribution is -0.136. The highest BCUT2D eigenvalue weighted by atomic mass is 19.2. The maximum Gasteiger partial charge on any atom is 0.313 e. The van der Waals surface area contributed by atoms with Crippen molar-refractivity contribution >= 4 is 5.97 Å². The van der Waals surface area contributed by atoms with E-state index in [0.717, 1.165) is 0 Å². The molecule has 0 spiro atoms. The Kier molecular flexibility index (Phi) is 16.7. The Morgan fingerprint density at radius 2 is 1.00 bits per heavy atom. The van der Waals surface area contributed by atoms with E-state index < -0.39 is 47.2 Å². The Bertz CT molecular complexity index is 622. The van der Waals surface area contributed by atoms with Crippen LogP contribution in [0.15, 0.2) is 0 Å². The number of hydrogen-bond donors (Lipinski definition) is 1. The van der Waals surface area contributed by atoms with Gasteiger partial charge in [0.2, 0.25) is 34.8 Å². The predicted octanol–water partition coefficient (Wildman–Crippen LogP) is 2.73. The third-order valence-corrected chi connectivity index (χ3v) is 3.21. The summed E-state index contributed by atoms with van der Waals surface area (Å²) in [6.07, 6.45) is -0.467. The van der Waals surface area contributed by atoms with Gasteiger partial charge in [-0.2, -0.15) is 8.78 Å². The number of hydrogen-bond acceptors (Lipinski definition) is 7. The van der Waals surface area contributed by atoms with Gasteiger partial charge in [0.15, 0.2) is 0 Å². The van der Waals surface area contributed by atoms with Gasteiger partial charge in [0.05, 0.1) is 59.3 Å². The second-order valence-electron chi connectivity index (χ2n) is 5.36. The Labute approximate surface area is 177 Å². The van der Waals surface area contributed by atoms with E-state index >= 15 is 0 Å². The molecule has 0 bridgehead atoms. The Morgan fingerprint density at radius 1 is 0.645 bits per heavy atom.